The summed E-state index contributed by atoms with van der Waals surface area (Å²) in [6, 6.07) is -0.722. The molecule has 0 rings (SSSR count). The summed E-state index contributed by atoms with van der Waals surface area (Å²) in [6.45, 7) is 4.00. The summed E-state index contributed by atoms with van der Waals surface area (Å²) in [6.07, 6.45) is 2.18. The number of hydrogen-bond donors (Lipinski definition) is 2. The standard InChI is InChI=1S/C7H14N2O2/c1-9-5-3-2-4-6(8)7(10)11/h6H,1-5,8H2,(H,10,11)/t6-/m0/s1. The summed E-state index contributed by atoms with van der Waals surface area (Å²) >= 11 is 0. The van der Waals surface area contributed by atoms with Crippen molar-refractivity contribution in [1.29, 1.82) is 0 Å². The van der Waals surface area contributed by atoms with Crippen LogP contribution in [0.25, 0.3) is 0 Å². The average molecular weight is 158 g/mol. The average Bonchev–Trinajstić information content (AvgIpc) is 1.97. The van der Waals surface area contributed by atoms with Gasteiger partial charge in [-0.2, -0.15) is 0 Å². The maximum Gasteiger partial charge on any atom is 0.320 e. The van der Waals surface area contributed by atoms with E-state index < -0.39 is 12.0 Å². The Labute approximate surface area is 66.1 Å². The van der Waals surface area contributed by atoms with Crippen LogP contribution in [0, 0.1) is 0 Å². The zero-order chi connectivity index (χ0) is 8.69. The first-order chi connectivity index (χ1) is 5.18. The summed E-state index contributed by atoms with van der Waals surface area (Å²) in [5.74, 6) is -0.934. The number of aliphatic imine (C=N–C) groups is 1. The molecule has 0 fully saturated rings. The smallest absolute Gasteiger partial charge is 0.320 e. The molecule has 0 aliphatic rings. The van der Waals surface area contributed by atoms with Crippen LogP contribution in [0.2, 0.25) is 0 Å². The van der Waals surface area contributed by atoms with Crippen molar-refractivity contribution in [3.05, 3.63) is 0 Å². The second-order valence-corrected chi connectivity index (χ2v) is 2.39. The van der Waals surface area contributed by atoms with Gasteiger partial charge in [-0.1, -0.05) is 0 Å². The summed E-state index contributed by atoms with van der Waals surface area (Å²) in [7, 11) is 0. The van der Waals surface area contributed by atoms with Crippen molar-refractivity contribution >= 4 is 12.7 Å². The minimum absolute atomic E-state index is 0.519. The van der Waals surface area contributed by atoms with Gasteiger partial charge in [-0.15, -0.1) is 0 Å². The molecule has 0 unspecified atom stereocenters. The fourth-order valence-corrected chi connectivity index (χ4v) is 0.711. The maximum absolute atomic E-state index is 10.2. The number of aliphatic carboxylic acids is 1. The number of nitrogens with two attached hydrogens (primary N) is 1. The normalized spacial score (nSPS) is 12.5. The van der Waals surface area contributed by atoms with Gasteiger partial charge in [0.1, 0.15) is 6.04 Å². The Morgan fingerprint density at radius 1 is 1.64 bits per heavy atom. The van der Waals surface area contributed by atoms with E-state index >= 15 is 0 Å². The van der Waals surface area contributed by atoms with Gasteiger partial charge in [0.2, 0.25) is 0 Å². The topological polar surface area (TPSA) is 75.7 Å². The van der Waals surface area contributed by atoms with Crippen molar-refractivity contribution in [3.8, 4) is 0 Å². The fourth-order valence-electron chi connectivity index (χ4n) is 0.711. The van der Waals surface area contributed by atoms with Gasteiger partial charge in [0.25, 0.3) is 0 Å². The van der Waals surface area contributed by atoms with E-state index in [2.05, 4.69) is 11.7 Å². The van der Waals surface area contributed by atoms with Crippen LogP contribution in [0.3, 0.4) is 0 Å². The van der Waals surface area contributed by atoms with Crippen molar-refractivity contribution < 1.29 is 9.90 Å². The van der Waals surface area contributed by atoms with Gasteiger partial charge in [-0.25, -0.2) is 0 Å². The Balaban J connectivity index is 3.24. The minimum Gasteiger partial charge on any atom is -0.480 e. The Hall–Kier alpha value is -0.900. The van der Waals surface area contributed by atoms with Crippen molar-refractivity contribution in [2.24, 2.45) is 10.7 Å². The molecule has 0 saturated heterocycles. The van der Waals surface area contributed by atoms with Crippen LogP contribution in [-0.2, 0) is 4.79 Å². The second-order valence-electron chi connectivity index (χ2n) is 2.39. The number of carboxylic acids is 1. The molecule has 0 amide bonds. The van der Waals surface area contributed by atoms with E-state index in [1.165, 1.54) is 0 Å². The van der Waals surface area contributed by atoms with E-state index in [4.69, 9.17) is 10.8 Å². The van der Waals surface area contributed by atoms with E-state index in [0.717, 1.165) is 12.8 Å². The molecule has 0 aliphatic heterocycles. The first-order valence-corrected chi connectivity index (χ1v) is 3.59. The molecule has 0 saturated carbocycles. The molecule has 0 aromatic rings. The van der Waals surface area contributed by atoms with Gasteiger partial charge in [0.05, 0.1) is 0 Å². The Bertz CT molecular complexity index is 136. The molecule has 0 heterocycles. The monoisotopic (exact) mass is 158 g/mol. The Morgan fingerprint density at radius 2 is 2.27 bits per heavy atom. The SMILES string of the molecule is C=NCCCC[C@H](N)C(=O)O. The number of rotatable bonds is 6. The van der Waals surface area contributed by atoms with Crippen LogP contribution >= 0.6 is 0 Å². The van der Waals surface area contributed by atoms with E-state index in [-0.39, 0.29) is 0 Å². The largest absolute Gasteiger partial charge is 0.480 e. The van der Waals surface area contributed by atoms with Crippen LogP contribution in [0.5, 0.6) is 0 Å². The molecular weight excluding hydrogens is 144 g/mol. The molecule has 0 aromatic carbocycles. The highest BCUT2D eigenvalue weighted by Crippen LogP contribution is 1.98. The zero-order valence-corrected chi connectivity index (χ0v) is 6.49. The maximum atomic E-state index is 10.2. The molecular formula is C7H14N2O2. The molecule has 0 aliphatic carbocycles. The third-order valence-electron chi connectivity index (χ3n) is 1.40. The van der Waals surface area contributed by atoms with Crippen molar-refractivity contribution in [3.63, 3.8) is 0 Å². The molecule has 0 aromatic heterocycles. The van der Waals surface area contributed by atoms with E-state index in [1.807, 2.05) is 0 Å². The molecule has 11 heavy (non-hydrogen) atoms. The first-order valence-electron chi connectivity index (χ1n) is 3.59. The number of carboxylic acid groups (broad SMARTS) is 1. The van der Waals surface area contributed by atoms with E-state index in [0.29, 0.717) is 13.0 Å². The lowest BCUT2D eigenvalue weighted by Gasteiger charge is -2.03. The number of carbonyl (C=O) groups is 1. The lowest BCUT2D eigenvalue weighted by atomic mass is 10.1. The van der Waals surface area contributed by atoms with Gasteiger partial charge in [-0.05, 0) is 26.0 Å². The molecule has 0 radical (unpaired) electrons. The summed E-state index contributed by atoms with van der Waals surface area (Å²) in [5, 5.41) is 8.38. The predicted octanol–water partition coefficient (Wildman–Crippen LogP) is 0.269. The second kappa shape index (κ2) is 5.85. The van der Waals surface area contributed by atoms with Crippen LogP contribution in [-0.4, -0.2) is 30.4 Å². The van der Waals surface area contributed by atoms with Crippen molar-refractivity contribution in [2.45, 2.75) is 25.3 Å². The van der Waals surface area contributed by atoms with Gasteiger partial charge >= 0.3 is 5.97 Å². The number of hydrogen-bond acceptors (Lipinski definition) is 3. The van der Waals surface area contributed by atoms with E-state index in [9.17, 15) is 4.79 Å². The zero-order valence-electron chi connectivity index (χ0n) is 6.49. The van der Waals surface area contributed by atoms with Gasteiger partial charge in [0.15, 0.2) is 0 Å². The van der Waals surface area contributed by atoms with Crippen LogP contribution in [0.15, 0.2) is 4.99 Å². The summed E-state index contributed by atoms with van der Waals surface area (Å²) < 4.78 is 0. The predicted molar refractivity (Wildman–Crippen MR) is 43.9 cm³/mol. The van der Waals surface area contributed by atoms with Gasteiger partial charge < -0.3 is 15.8 Å². The third kappa shape index (κ3) is 5.54. The molecule has 0 bridgehead atoms. The van der Waals surface area contributed by atoms with Crippen LogP contribution < -0.4 is 5.73 Å². The lowest BCUT2D eigenvalue weighted by Crippen LogP contribution is -2.29. The van der Waals surface area contributed by atoms with Crippen molar-refractivity contribution in [1.82, 2.24) is 0 Å². The highest BCUT2D eigenvalue weighted by Gasteiger charge is 2.09. The molecule has 4 nitrogen and oxygen atoms in total. The summed E-state index contributed by atoms with van der Waals surface area (Å²) in [4.78, 5) is 13.8. The summed E-state index contributed by atoms with van der Waals surface area (Å²) in [5.41, 5.74) is 5.25. The van der Waals surface area contributed by atoms with Gasteiger partial charge in [0, 0.05) is 6.54 Å². The highest BCUT2D eigenvalue weighted by molar-refractivity contribution is 5.72. The van der Waals surface area contributed by atoms with Crippen molar-refractivity contribution in [2.75, 3.05) is 6.54 Å². The number of unbranched alkanes of at least 4 members (excludes halogenated alkanes) is 1. The number of nitrogens with zero attached hydrogens (tertiary/aromatic N) is 1. The molecule has 1 atom stereocenters. The first kappa shape index (κ1) is 10.1. The highest BCUT2D eigenvalue weighted by atomic mass is 16.4. The van der Waals surface area contributed by atoms with Gasteiger partial charge in [-0.3, -0.25) is 4.79 Å². The van der Waals surface area contributed by atoms with E-state index in [1.54, 1.807) is 0 Å². The molecule has 64 valence electrons. The quantitative estimate of drug-likeness (QED) is 0.430. The molecule has 0 spiro atoms. The Morgan fingerprint density at radius 3 is 2.73 bits per heavy atom. The third-order valence-corrected chi connectivity index (χ3v) is 1.40. The lowest BCUT2D eigenvalue weighted by molar-refractivity contribution is -0.138. The fraction of sp³-hybridized carbons (Fsp3) is 0.714. The molecule has 3 N–H and O–H groups in total. The Kier molecular flexibility index (Phi) is 5.37. The minimum atomic E-state index is -0.934. The van der Waals surface area contributed by atoms with Crippen LogP contribution in [0.4, 0.5) is 0 Å². The van der Waals surface area contributed by atoms with Crippen LogP contribution in [0.1, 0.15) is 19.3 Å². The molecule has 4 heteroatoms.